The third-order valence-corrected chi connectivity index (χ3v) is 6.83. The van der Waals surface area contributed by atoms with Crippen molar-refractivity contribution >= 4 is 54.8 Å². The first kappa shape index (κ1) is 18.3. The molecule has 0 unspecified atom stereocenters. The van der Waals surface area contributed by atoms with Crippen molar-refractivity contribution in [1.29, 1.82) is 0 Å². The summed E-state index contributed by atoms with van der Waals surface area (Å²) in [4.78, 5) is 23.6. The third kappa shape index (κ3) is 3.30. The van der Waals surface area contributed by atoms with Gasteiger partial charge in [-0.1, -0.05) is 35.6 Å². The van der Waals surface area contributed by atoms with Crippen molar-refractivity contribution in [1.82, 2.24) is 9.97 Å². The van der Waals surface area contributed by atoms with Crippen LogP contribution in [0.4, 0.5) is 5.13 Å². The number of hydrogen-bond acceptors (Lipinski definition) is 7. The van der Waals surface area contributed by atoms with Crippen LogP contribution in [0.15, 0.2) is 60.0 Å². The number of fused-ring (bicyclic) bond motifs is 3. The molecule has 0 saturated carbocycles. The van der Waals surface area contributed by atoms with Crippen LogP contribution in [0, 0.1) is 0 Å². The van der Waals surface area contributed by atoms with Crippen LogP contribution < -0.4 is 14.8 Å². The molecule has 6 rings (SSSR count). The van der Waals surface area contributed by atoms with Crippen molar-refractivity contribution in [2.45, 2.75) is 0 Å². The summed E-state index contributed by atoms with van der Waals surface area (Å²) in [6, 6.07) is 17.3. The number of benzene rings is 2. The third-order valence-electron chi connectivity index (χ3n) is 5.01. The number of nitrogens with zero attached hydrogens (tertiary/aromatic N) is 2. The summed E-state index contributed by atoms with van der Waals surface area (Å²) >= 11 is 3.00. The lowest BCUT2D eigenvalue weighted by molar-refractivity contribution is 0.102. The van der Waals surface area contributed by atoms with Crippen molar-refractivity contribution < 1.29 is 14.3 Å². The molecule has 1 aliphatic heterocycles. The normalized spacial score (nSPS) is 12.9. The van der Waals surface area contributed by atoms with Gasteiger partial charge in [-0.15, -0.1) is 11.3 Å². The molecule has 0 bridgehead atoms. The smallest absolute Gasteiger partial charge is 0.258 e. The van der Waals surface area contributed by atoms with Gasteiger partial charge < -0.3 is 9.47 Å². The number of nitrogens with one attached hydrogen (secondary N) is 1. The van der Waals surface area contributed by atoms with Crippen molar-refractivity contribution in [3.8, 4) is 22.1 Å². The van der Waals surface area contributed by atoms with E-state index in [4.69, 9.17) is 14.5 Å². The van der Waals surface area contributed by atoms with Crippen LogP contribution >= 0.6 is 22.7 Å². The van der Waals surface area contributed by atoms with E-state index in [0.29, 0.717) is 35.4 Å². The molecule has 3 aromatic heterocycles. The van der Waals surface area contributed by atoms with Gasteiger partial charge in [-0.05, 0) is 23.6 Å². The maximum absolute atomic E-state index is 13.3. The molecule has 5 aromatic rings. The van der Waals surface area contributed by atoms with Crippen LogP contribution in [-0.4, -0.2) is 29.1 Å². The van der Waals surface area contributed by atoms with Gasteiger partial charge in [0.15, 0.2) is 16.6 Å². The van der Waals surface area contributed by atoms with Crippen LogP contribution in [-0.2, 0) is 0 Å². The van der Waals surface area contributed by atoms with Gasteiger partial charge in [0.25, 0.3) is 5.91 Å². The Bertz CT molecular complexity index is 1400. The van der Waals surface area contributed by atoms with E-state index in [1.165, 1.54) is 11.3 Å². The number of thiazole rings is 1. The molecule has 1 N–H and O–H groups in total. The minimum absolute atomic E-state index is 0.215. The molecule has 31 heavy (non-hydrogen) atoms. The van der Waals surface area contributed by atoms with Gasteiger partial charge in [-0.3, -0.25) is 10.1 Å². The Hall–Kier alpha value is -3.49. The molecule has 0 spiro atoms. The highest BCUT2D eigenvalue weighted by Gasteiger charge is 2.18. The maximum atomic E-state index is 13.3. The summed E-state index contributed by atoms with van der Waals surface area (Å²) in [6.45, 7) is 1.05. The molecule has 1 amide bonds. The summed E-state index contributed by atoms with van der Waals surface area (Å²) in [6.07, 6.45) is 0. The number of rotatable bonds is 3. The summed E-state index contributed by atoms with van der Waals surface area (Å²) in [5.74, 6) is 1.18. The molecule has 0 fully saturated rings. The average Bonchev–Trinajstić information content (AvgIpc) is 3.46. The van der Waals surface area contributed by atoms with E-state index in [2.05, 4.69) is 10.3 Å². The van der Waals surface area contributed by atoms with E-state index >= 15 is 0 Å². The second-order valence-corrected chi connectivity index (χ2v) is 8.96. The summed E-state index contributed by atoms with van der Waals surface area (Å²) in [7, 11) is 0. The summed E-state index contributed by atoms with van der Waals surface area (Å²) in [5.41, 5.74) is 2.90. The molecule has 152 valence electrons. The molecule has 4 heterocycles. The number of carbonyl (C=O) groups is 1. The lowest BCUT2D eigenvalue weighted by Crippen LogP contribution is -2.15. The van der Waals surface area contributed by atoms with Gasteiger partial charge in [0, 0.05) is 17.5 Å². The van der Waals surface area contributed by atoms with E-state index in [1.54, 1.807) is 11.3 Å². The monoisotopic (exact) mass is 445 g/mol. The minimum Gasteiger partial charge on any atom is -0.486 e. The number of anilines is 1. The SMILES string of the molecule is O=C(Nc1nc2cc3c(cc2s1)OCCO3)c1cc(-c2cccs2)nc2ccccc12. The fourth-order valence-corrected chi connectivity index (χ4v) is 5.15. The van der Waals surface area contributed by atoms with Gasteiger partial charge in [0.05, 0.1) is 31.9 Å². The molecule has 0 saturated heterocycles. The topological polar surface area (TPSA) is 73.3 Å². The minimum atomic E-state index is -0.215. The van der Waals surface area contributed by atoms with Gasteiger partial charge in [0.2, 0.25) is 0 Å². The number of para-hydroxylation sites is 1. The predicted octanol–water partition coefficient (Wildman–Crippen LogP) is 5.60. The summed E-state index contributed by atoms with van der Waals surface area (Å²) < 4.78 is 12.2. The number of ether oxygens (including phenoxy) is 2. The van der Waals surface area contributed by atoms with E-state index in [0.717, 1.165) is 31.7 Å². The first-order valence-electron chi connectivity index (χ1n) is 9.70. The molecule has 8 heteroatoms. The zero-order chi connectivity index (χ0) is 20.8. The molecule has 6 nitrogen and oxygen atoms in total. The molecular formula is C23H15N3O3S2. The number of thiophene rings is 1. The van der Waals surface area contributed by atoms with Crippen molar-refractivity contribution in [3.63, 3.8) is 0 Å². The van der Waals surface area contributed by atoms with Crippen LogP contribution in [0.2, 0.25) is 0 Å². The fourth-order valence-electron chi connectivity index (χ4n) is 3.60. The lowest BCUT2D eigenvalue weighted by atomic mass is 10.1. The predicted molar refractivity (Wildman–Crippen MR) is 124 cm³/mol. The number of amides is 1. The fraction of sp³-hybridized carbons (Fsp3) is 0.0870. The highest BCUT2D eigenvalue weighted by Crippen LogP contribution is 2.38. The van der Waals surface area contributed by atoms with Gasteiger partial charge >= 0.3 is 0 Å². The Kier molecular flexibility index (Phi) is 4.33. The molecule has 2 aromatic carbocycles. The number of carbonyl (C=O) groups excluding carboxylic acids is 1. The Morgan fingerprint density at radius 3 is 2.61 bits per heavy atom. The van der Waals surface area contributed by atoms with E-state index in [9.17, 15) is 4.79 Å². The van der Waals surface area contributed by atoms with Gasteiger partial charge in [-0.25, -0.2) is 9.97 Å². The van der Waals surface area contributed by atoms with Gasteiger partial charge in [0.1, 0.15) is 13.2 Å². The largest absolute Gasteiger partial charge is 0.486 e. The first-order chi connectivity index (χ1) is 15.2. The van der Waals surface area contributed by atoms with Crippen LogP contribution in [0.25, 0.3) is 31.7 Å². The maximum Gasteiger partial charge on any atom is 0.258 e. The molecule has 0 radical (unpaired) electrons. The van der Waals surface area contributed by atoms with E-state index in [-0.39, 0.29) is 5.91 Å². The highest BCUT2D eigenvalue weighted by atomic mass is 32.1. The Morgan fingerprint density at radius 2 is 1.77 bits per heavy atom. The zero-order valence-electron chi connectivity index (χ0n) is 16.1. The van der Waals surface area contributed by atoms with Gasteiger partial charge in [-0.2, -0.15) is 0 Å². The summed E-state index contributed by atoms with van der Waals surface area (Å²) in [5, 5.41) is 6.30. The van der Waals surface area contributed by atoms with Crippen molar-refractivity contribution in [3.05, 3.63) is 65.5 Å². The lowest BCUT2D eigenvalue weighted by Gasteiger charge is -2.17. The first-order valence-corrected chi connectivity index (χ1v) is 11.4. The second kappa shape index (κ2) is 7.33. The zero-order valence-corrected chi connectivity index (χ0v) is 17.8. The second-order valence-electron chi connectivity index (χ2n) is 6.99. The molecule has 1 aliphatic rings. The number of hydrogen-bond donors (Lipinski definition) is 1. The average molecular weight is 446 g/mol. The van der Waals surface area contributed by atoms with Crippen molar-refractivity contribution in [2.24, 2.45) is 0 Å². The van der Waals surface area contributed by atoms with Crippen molar-refractivity contribution in [2.75, 3.05) is 18.5 Å². The van der Waals surface area contributed by atoms with Crippen LogP contribution in [0.3, 0.4) is 0 Å². The number of pyridine rings is 1. The molecule has 0 atom stereocenters. The molecule has 0 aliphatic carbocycles. The van der Waals surface area contributed by atoms with E-state index in [1.807, 2.05) is 60.0 Å². The Labute approximate surface area is 185 Å². The number of aromatic nitrogens is 2. The molecular weight excluding hydrogens is 430 g/mol. The Balaban J connectivity index is 1.39. The highest BCUT2D eigenvalue weighted by molar-refractivity contribution is 7.22. The Morgan fingerprint density at radius 1 is 0.935 bits per heavy atom. The standard InChI is InChI=1S/C23H15N3O3S2/c27-22(26-23-25-17-11-18-19(12-21(17)31-23)29-8-7-28-18)14-10-16(20-6-3-9-30-20)24-15-5-2-1-4-13(14)15/h1-6,9-12H,7-8H2,(H,25,26,27). The van der Waals surface area contributed by atoms with Crippen LogP contribution in [0.5, 0.6) is 11.5 Å². The van der Waals surface area contributed by atoms with E-state index < -0.39 is 0 Å². The van der Waals surface area contributed by atoms with Crippen LogP contribution in [0.1, 0.15) is 10.4 Å². The quantitative estimate of drug-likeness (QED) is 0.392.